The largest absolute Gasteiger partial charge is 0.497 e. The van der Waals surface area contributed by atoms with Gasteiger partial charge in [0.25, 0.3) is 0 Å². The zero-order valence-electron chi connectivity index (χ0n) is 12.1. The van der Waals surface area contributed by atoms with Crippen molar-refractivity contribution in [3.8, 4) is 17.1 Å². The smallest absolute Gasteiger partial charge is 0.213 e. The normalized spacial score (nSPS) is 10.7. The van der Waals surface area contributed by atoms with Crippen LogP contribution in [-0.4, -0.2) is 30.5 Å². The molecule has 0 spiro atoms. The lowest BCUT2D eigenvalue weighted by Gasteiger charge is -2.14. The maximum Gasteiger partial charge on any atom is 0.213 e. The van der Waals surface area contributed by atoms with Gasteiger partial charge in [0.15, 0.2) is 0 Å². The second-order valence-electron chi connectivity index (χ2n) is 4.85. The van der Waals surface area contributed by atoms with Crippen molar-refractivity contribution in [2.24, 2.45) is 0 Å². The van der Waals surface area contributed by atoms with Crippen LogP contribution in [0.15, 0.2) is 36.4 Å². The first-order valence-corrected chi connectivity index (χ1v) is 7.02. The number of aromatic amines is 1. The van der Waals surface area contributed by atoms with Crippen molar-refractivity contribution in [1.82, 2.24) is 9.97 Å². The van der Waals surface area contributed by atoms with Gasteiger partial charge in [0.05, 0.1) is 23.8 Å². The molecule has 0 aliphatic rings. The van der Waals surface area contributed by atoms with Crippen molar-refractivity contribution in [3.05, 3.63) is 41.4 Å². The molecule has 0 bridgehead atoms. The molecule has 1 N–H and O–H groups in total. The van der Waals surface area contributed by atoms with Gasteiger partial charge >= 0.3 is 0 Å². The number of methoxy groups -OCH3 is 1. The summed E-state index contributed by atoms with van der Waals surface area (Å²) in [6, 6.07) is 10.9. The first kappa shape index (κ1) is 14.4. The number of aromatic nitrogens is 2. The highest BCUT2D eigenvalue weighted by Gasteiger charge is 2.13. The second-order valence-corrected chi connectivity index (χ2v) is 5.28. The molecule has 0 fully saturated rings. The summed E-state index contributed by atoms with van der Waals surface area (Å²) < 4.78 is 5.21. The number of nitrogens with zero attached hydrogens (tertiary/aromatic N) is 2. The van der Waals surface area contributed by atoms with E-state index in [2.05, 4.69) is 9.97 Å². The number of amides is 1. The van der Waals surface area contributed by atoms with Crippen LogP contribution in [0, 0.1) is 0 Å². The van der Waals surface area contributed by atoms with Crippen LogP contribution in [0.1, 0.15) is 0 Å². The summed E-state index contributed by atoms with van der Waals surface area (Å²) >= 11 is 6.09. The molecule has 0 atom stereocenters. The maximum atomic E-state index is 11.1. The van der Waals surface area contributed by atoms with Crippen LogP contribution in [-0.2, 0) is 4.79 Å². The Bertz CT molecular complexity index is 845. The third-order valence-corrected chi connectivity index (χ3v) is 3.68. The summed E-state index contributed by atoms with van der Waals surface area (Å²) in [5.41, 5.74) is 3.16. The number of carbonyl (C=O) groups excluding carboxylic acids is 1. The summed E-state index contributed by atoms with van der Waals surface area (Å²) in [6.45, 7) is 0. The van der Waals surface area contributed by atoms with Gasteiger partial charge < -0.3 is 14.6 Å². The number of nitrogens with one attached hydrogen (secondary N) is 1. The molecule has 22 heavy (non-hydrogen) atoms. The molecular formula is C16H14ClN3O2. The number of ether oxygens (including phenoxy) is 1. The average molecular weight is 316 g/mol. The molecule has 0 saturated carbocycles. The zero-order valence-corrected chi connectivity index (χ0v) is 12.9. The minimum atomic E-state index is 0.580. The number of hydrogen-bond donors (Lipinski definition) is 1. The van der Waals surface area contributed by atoms with E-state index in [1.165, 1.54) is 4.90 Å². The highest BCUT2D eigenvalue weighted by molar-refractivity contribution is 6.31. The number of rotatable bonds is 4. The number of carbonyl (C=O) groups is 1. The molecule has 1 heterocycles. The van der Waals surface area contributed by atoms with Crippen LogP contribution < -0.4 is 9.64 Å². The lowest BCUT2D eigenvalue weighted by molar-refractivity contribution is -0.107. The van der Waals surface area contributed by atoms with Gasteiger partial charge in [0.2, 0.25) is 6.41 Å². The fourth-order valence-corrected chi connectivity index (χ4v) is 2.48. The van der Waals surface area contributed by atoms with Crippen LogP contribution in [0.5, 0.6) is 5.75 Å². The standard InChI is InChI=1S/C16H14ClN3O2/c1-20(9-21)15-6-3-10(17)7-12(15)16-18-13-5-4-11(22-2)8-14(13)19-16/h3-9H,1-2H3,(H,18,19). The monoisotopic (exact) mass is 315 g/mol. The Labute approximate surface area is 132 Å². The van der Waals surface area contributed by atoms with E-state index in [9.17, 15) is 4.79 Å². The van der Waals surface area contributed by atoms with E-state index in [-0.39, 0.29) is 0 Å². The molecule has 0 aliphatic carbocycles. The Morgan fingerprint density at radius 1 is 1.27 bits per heavy atom. The highest BCUT2D eigenvalue weighted by Crippen LogP contribution is 2.32. The minimum Gasteiger partial charge on any atom is -0.497 e. The van der Waals surface area contributed by atoms with Gasteiger partial charge in [-0.1, -0.05) is 11.6 Å². The number of fused-ring (bicyclic) bond motifs is 1. The van der Waals surface area contributed by atoms with Gasteiger partial charge in [0, 0.05) is 23.7 Å². The lowest BCUT2D eigenvalue weighted by Crippen LogP contribution is -2.14. The van der Waals surface area contributed by atoms with Crippen molar-refractivity contribution >= 4 is 34.7 Å². The number of halogens is 1. The van der Waals surface area contributed by atoms with Crippen LogP contribution in [0.4, 0.5) is 5.69 Å². The predicted octanol–water partition coefficient (Wildman–Crippen LogP) is 3.48. The number of H-pyrrole nitrogens is 1. The summed E-state index contributed by atoms with van der Waals surface area (Å²) in [7, 11) is 3.30. The molecule has 0 unspecified atom stereocenters. The SMILES string of the molecule is COc1ccc2nc(-c3cc(Cl)ccc3N(C)C=O)[nH]c2c1. The first-order valence-electron chi connectivity index (χ1n) is 6.64. The van der Waals surface area contributed by atoms with E-state index in [0.717, 1.165) is 34.4 Å². The topological polar surface area (TPSA) is 58.2 Å². The molecule has 0 radical (unpaired) electrons. The van der Waals surface area contributed by atoms with Gasteiger partial charge in [-0.3, -0.25) is 4.79 Å². The molecule has 6 heteroatoms. The summed E-state index contributed by atoms with van der Waals surface area (Å²) in [6.07, 6.45) is 0.748. The summed E-state index contributed by atoms with van der Waals surface area (Å²) in [4.78, 5) is 20.4. The minimum absolute atomic E-state index is 0.580. The van der Waals surface area contributed by atoms with Crippen molar-refractivity contribution in [1.29, 1.82) is 0 Å². The van der Waals surface area contributed by atoms with E-state index in [0.29, 0.717) is 10.8 Å². The molecule has 2 aromatic carbocycles. The van der Waals surface area contributed by atoms with Crippen molar-refractivity contribution in [2.45, 2.75) is 0 Å². The Hall–Kier alpha value is -2.53. The van der Waals surface area contributed by atoms with Gasteiger partial charge in [-0.15, -0.1) is 0 Å². The average Bonchev–Trinajstić information content (AvgIpc) is 2.96. The van der Waals surface area contributed by atoms with E-state index in [1.54, 1.807) is 32.4 Å². The first-order chi connectivity index (χ1) is 10.6. The summed E-state index contributed by atoms with van der Waals surface area (Å²) in [5.74, 6) is 1.40. The fraction of sp³-hybridized carbons (Fsp3) is 0.125. The van der Waals surface area contributed by atoms with Crippen molar-refractivity contribution in [3.63, 3.8) is 0 Å². The third-order valence-electron chi connectivity index (χ3n) is 3.44. The molecule has 3 aromatic rings. The number of anilines is 1. The quantitative estimate of drug-likeness (QED) is 0.750. The van der Waals surface area contributed by atoms with Gasteiger partial charge in [-0.25, -0.2) is 4.98 Å². The fourth-order valence-electron chi connectivity index (χ4n) is 2.31. The molecule has 3 rings (SSSR count). The summed E-state index contributed by atoms with van der Waals surface area (Å²) in [5, 5.41) is 0.580. The van der Waals surface area contributed by atoms with E-state index >= 15 is 0 Å². The van der Waals surface area contributed by atoms with Crippen LogP contribution in [0.3, 0.4) is 0 Å². The number of benzene rings is 2. The Balaban J connectivity index is 2.18. The Kier molecular flexibility index (Phi) is 3.73. The predicted molar refractivity (Wildman–Crippen MR) is 87.6 cm³/mol. The second kappa shape index (κ2) is 5.69. The molecular weight excluding hydrogens is 302 g/mol. The van der Waals surface area contributed by atoms with Gasteiger partial charge in [-0.05, 0) is 30.3 Å². The van der Waals surface area contributed by atoms with Crippen molar-refractivity contribution in [2.75, 3.05) is 19.1 Å². The van der Waals surface area contributed by atoms with E-state index in [1.807, 2.05) is 18.2 Å². The maximum absolute atomic E-state index is 11.1. The number of imidazole rings is 1. The van der Waals surface area contributed by atoms with Gasteiger partial charge in [-0.2, -0.15) is 0 Å². The van der Waals surface area contributed by atoms with Crippen molar-refractivity contribution < 1.29 is 9.53 Å². The van der Waals surface area contributed by atoms with Gasteiger partial charge in [0.1, 0.15) is 11.6 Å². The van der Waals surface area contributed by atoms with Crippen LogP contribution >= 0.6 is 11.6 Å². The third kappa shape index (κ3) is 2.51. The molecule has 1 amide bonds. The number of hydrogen-bond acceptors (Lipinski definition) is 3. The molecule has 0 aliphatic heterocycles. The molecule has 5 nitrogen and oxygen atoms in total. The lowest BCUT2D eigenvalue weighted by atomic mass is 10.1. The highest BCUT2D eigenvalue weighted by atomic mass is 35.5. The van der Waals surface area contributed by atoms with Crippen LogP contribution in [0.2, 0.25) is 5.02 Å². The van der Waals surface area contributed by atoms with E-state index in [4.69, 9.17) is 16.3 Å². The van der Waals surface area contributed by atoms with E-state index < -0.39 is 0 Å². The Morgan fingerprint density at radius 3 is 2.82 bits per heavy atom. The molecule has 112 valence electrons. The van der Waals surface area contributed by atoms with Crippen LogP contribution in [0.25, 0.3) is 22.4 Å². The molecule has 1 aromatic heterocycles. The Morgan fingerprint density at radius 2 is 2.09 bits per heavy atom. The molecule has 0 saturated heterocycles. The zero-order chi connectivity index (χ0) is 15.7.